The van der Waals surface area contributed by atoms with Crippen molar-refractivity contribution in [1.29, 1.82) is 0 Å². The van der Waals surface area contributed by atoms with Gasteiger partial charge in [0.15, 0.2) is 0 Å². The van der Waals surface area contributed by atoms with Gasteiger partial charge < -0.3 is 10.1 Å². The molecule has 0 spiro atoms. The number of carbonyl (C=O) groups excluding carboxylic acids is 3. The van der Waals surface area contributed by atoms with Crippen LogP contribution in [0.3, 0.4) is 0 Å². The highest BCUT2D eigenvalue weighted by Gasteiger charge is 2.34. The number of thioether (sulfide) groups is 1. The summed E-state index contributed by atoms with van der Waals surface area (Å²) in [6.07, 6.45) is 1.69. The minimum atomic E-state index is -0.343. The molecule has 0 saturated carbocycles. The third-order valence-corrected chi connectivity index (χ3v) is 4.83. The summed E-state index contributed by atoms with van der Waals surface area (Å²) in [6.45, 7) is 0.291. The van der Waals surface area contributed by atoms with Gasteiger partial charge in [-0.05, 0) is 41.6 Å². The Morgan fingerprint density at radius 2 is 1.93 bits per heavy atom. The number of ether oxygens (including phenoxy) is 1. The lowest BCUT2D eigenvalue weighted by Crippen LogP contribution is -2.37. The first-order valence-electron chi connectivity index (χ1n) is 8.31. The van der Waals surface area contributed by atoms with E-state index in [4.69, 9.17) is 4.74 Å². The van der Waals surface area contributed by atoms with Gasteiger partial charge in [0.25, 0.3) is 17.1 Å². The molecule has 2 aromatic carbocycles. The van der Waals surface area contributed by atoms with Gasteiger partial charge >= 0.3 is 0 Å². The Bertz CT molecular complexity index is 896. The van der Waals surface area contributed by atoms with E-state index in [9.17, 15) is 14.4 Å². The maximum absolute atomic E-state index is 12.4. The number of rotatable bonds is 6. The van der Waals surface area contributed by atoms with E-state index in [0.717, 1.165) is 22.2 Å². The fourth-order valence-corrected chi connectivity index (χ4v) is 3.41. The van der Waals surface area contributed by atoms with Crippen LogP contribution in [0.2, 0.25) is 0 Å². The van der Waals surface area contributed by atoms with Gasteiger partial charge in [-0.25, -0.2) is 0 Å². The number of imide groups is 1. The molecule has 27 heavy (non-hydrogen) atoms. The first kappa shape index (κ1) is 18.7. The molecule has 1 saturated heterocycles. The Balaban J connectivity index is 1.58. The highest BCUT2D eigenvalue weighted by molar-refractivity contribution is 8.18. The monoisotopic (exact) mass is 382 g/mol. The van der Waals surface area contributed by atoms with Gasteiger partial charge in [0.2, 0.25) is 0 Å². The number of hydrogen-bond donors (Lipinski definition) is 1. The smallest absolute Gasteiger partial charge is 0.293 e. The van der Waals surface area contributed by atoms with Crippen molar-refractivity contribution in [2.75, 3.05) is 20.2 Å². The summed E-state index contributed by atoms with van der Waals surface area (Å²) in [5, 5.41) is 2.38. The summed E-state index contributed by atoms with van der Waals surface area (Å²) < 4.78 is 5.09. The Morgan fingerprint density at radius 1 is 1.15 bits per heavy atom. The van der Waals surface area contributed by atoms with Crippen LogP contribution in [0.1, 0.15) is 15.9 Å². The molecule has 3 amide bonds. The van der Waals surface area contributed by atoms with Crippen molar-refractivity contribution in [2.24, 2.45) is 0 Å². The van der Waals surface area contributed by atoms with Crippen molar-refractivity contribution >= 4 is 34.9 Å². The number of nitrogens with one attached hydrogen (secondary N) is 1. The summed E-state index contributed by atoms with van der Waals surface area (Å²) in [5.74, 6) is -0.0511. The molecule has 1 N–H and O–H groups in total. The van der Waals surface area contributed by atoms with Crippen LogP contribution in [0.25, 0.3) is 6.08 Å². The van der Waals surface area contributed by atoms with E-state index < -0.39 is 0 Å². The molecule has 1 fully saturated rings. The molecule has 0 atom stereocenters. The highest BCUT2D eigenvalue weighted by Crippen LogP contribution is 2.31. The summed E-state index contributed by atoms with van der Waals surface area (Å²) in [5.41, 5.74) is 1.31. The van der Waals surface area contributed by atoms with Gasteiger partial charge in [-0.1, -0.05) is 36.4 Å². The van der Waals surface area contributed by atoms with Gasteiger partial charge in [0, 0.05) is 18.7 Å². The van der Waals surface area contributed by atoms with Gasteiger partial charge in [0.1, 0.15) is 5.75 Å². The van der Waals surface area contributed by atoms with E-state index in [2.05, 4.69) is 5.32 Å². The molecule has 3 rings (SSSR count). The molecule has 0 aromatic heterocycles. The van der Waals surface area contributed by atoms with Crippen LogP contribution in [-0.2, 0) is 4.79 Å². The molecule has 1 aliphatic heterocycles. The van der Waals surface area contributed by atoms with Crippen molar-refractivity contribution < 1.29 is 19.1 Å². The van der Waals surface area contributed by atoms with E-state index in [1.807, 2.05) is 30.3 Å². The lowest BCUT2D eigenvalue weighted by Gasteiger charge is -2.13. The number of methoxy groups -OCH3 is 1. The fourth-order valence-electron chi connectivity index (χ4n) is 2.54. The number of benzene rings is 2. The molecule has 0 bridgehead atoms. The quantitative estimate of drug-likeness (QED) is 0.777. The van der Waals surface area contributed by atoms with Crippen LogP contribution < -0.4 is 10.1 Å². The number of nitrogens with zero attached hydrogens (tertiary/aromatic N) is 1. The van der Waals surface area contributed by atoms with E-state index in [1.165, 1.54) is 7.11 Å². The van der Waals surface area contributed by atoms with Crippen LogP contribution in [-0.4, -0.2) is 42.2 Å². The maximum atomic E-state index is 12.4. The Kier molecular flexibility index (Phi) is 5.93. The predicted octanol–water partition coefficient (Wildman–Crippen LogP) is 3.16. The fraction of sp³-hybridized carbons (Fsp3) is 0.150. The van der Waals surface area contributed by atoms with Crippen molar-refractivity contribution in [3.05, 3.63) is 70.6 Å². The van der Waals surface area contributed by atoms with Gasteiger partial charge in [-0.15, -0.1) is 0 Å². The zero-order chi connectivity index (χ0) is 19.2. The molecule has 7 heteroatoms. The summed E-state index contributed by atoms with van der Waals surface area (Å²) in [7, 11) is 1.53. The normalized spacial score (nSPS) is 15.3. The SMILES string of the molecule is COc1cccc(C(=O)NCCN2C(=O)SC(=Cc3ccccc3)C2=O)c1. The van der Waals surface area contributed by atoms with E-state index in [1.54, 1.807) is 30.3 Å². The molecule has 0 unspecified atom stereocenters. The van der Waals surface area contributed by atoms with E-state index in [-0.39, 0.29) is 30.1 Å². The standard InChI is InChI=1S/C20H18N2O4S/c1-26-16-9-5-8-15(13-16)18(23)21-10-11-22-19(24)17(27-20(22)25)12-14-6-3-2-4-7-14/h2-9,12-13H,10-11H2,1H3,(H,21,23). The summed E-state index contributed by atoms with van der Waals surface area (Å²) >= 11 is 0.906. The Labute approximate surface area is 161 Å². The molecule has 0 radical (unpaired) electrons. The third-order valence-electron chi connectivity index (χ3n) is 3.92. The second-order valence-corrected chi connectivity index (χ2v) is 6.73. The molecule has 1 heterocycles. The van der Waals surface area contributed by atoms with Crippen molar-refractivity contribution in [1.82, 2.24) is 10.2 Å². The second kappa shape index (κ2) is 8.55. The Morgan fingerprint density at radius 3 is 2.67 bits per heavy atom. The molecule has 2 aromatic rings. The average molecular weight is 382 g/mol. The highest BCUT2D eigenvalue weighted by atomic mass is 32.2. The number of hydrogen-bond acceptors (Lipinski definition) is 5. The predicted molar refractivity (Wildman–Crippen MR) is 104 cm³/mol. The molecule has 1 aliphatic rings. The maximum Gasteiger partial charge on any atom is 0.293 e. The molecular formula is C20H18N2O4S. The third kappa shape index (κ3) is 4.57. The van der Waals surface area contributed by atoms with Gasteiger partial charge in [-0.3, -0.25) is 19.3 Å². The van der Waals surface area contributed by atoms with Crippen LogP contribution >= 0.6 is 11.8 Å². The topological polar surface area (TPSA) is 75.7 Å². The zero-order valence-electron chi connectivity index (χ0n) is 14.7. The minimum absolute atomic E-state index is 0.118. The Hall–Kier alpha value is -3.06. The summed E-state index contributed by atoms with van der Waals surface area (Å²) in [6, 6.07) is 16.1. The minimum Gasteiger partial charge on any atom is -0.497 e. The second-order valence-electron chi connectivity index (χ2n) is 5.73. The van der Waals surface area contributed by atoms with Crippen LogP contribution in [0.4, 0.5) is 4.79 Å². The molecule has 0 aliphatic carbocycles. The lowest BCUT2D eigenvalue weighted by atomic mass is 10.2. The van der Waals surface area contributed by atoms with Gasteiger partial charge in [-0.2, -0.15) is 0 Å². The van der Waals surface area contributed by atoms with E-state index >= 15 is 0 Å². The van der Waals surface area contributed by atoms with Gasteiger partial charge in [0.05, 0.1) is 12.0 Å². The number of carbonyl (C=O) groups is 3. The first-order valence-corrected chi connectivity index (χ1v) is 9.13. The lowest BCUT2D eigenvalue weighted by molar-refractivity contribution is -0.122. The zero-order valence-corrected chi connectivity index (χ0v) is 15.5. The van der Waals surface area contributed by atoms with E-state index in [0.29, 0.717) is 16.2 Å². The van der Waals surface area contributed by atoms with Crippen molar-refractivity contribution in [3.8, 4) is 5.75 Å². The summed E-state index contributed by atoms with van der Waals surface area (Å²) in [4.78, 5) is 38.3. The largest absolute Gasteiger partial charge is 0.497 e. The van der Waals surface area contributed by atoms with Crippen molar-refractivity contribution in [2.45, 2.75) is 0 Å². The van der Waals surface area contributed by atoms with Crippen molar-refractivity contribution in [3.63, 3.8) is 0 Å². The molecular weight excluding hydrogens is 364 g/mol. The molecule has 138 valence electrons. The van der Waals surface area contributed by atoms with Crippen LogP contribution in [0, 0.1) is 0 Å². The number of amides is 3. The van der Waals surface area contributed by atoms with Crippen LogP contribution in [0.15, 0.2) is 59.5 Å². The first-order chi connectivity index (χ1) is 13.1. The molecule has 6 nitrogen and oxygen atoms in total. The van der Waals surface area contributed by atoms with Crippen LogP contribution in [0.5, 0.6) is 5.75 Å². The average Bonchev–Trinajstić information content (AvgIpc) is 2.96.